The van der Waals surface area contributed by atoms with Crippen LogP contribution in [0.4, 0.5) is 9.18 Å². The first-order valence-electron chi connectivity index (χ1n) is 11.5. The van der Waals surface area contributed by atoms with Gasteiger partial charge >= 0.3 is 6.03 Å². The normalized spacial score (nSPS) is 16.0. The van der Waals surface area contributed by atoms with Gasteiger partial charge in [0.2, 0.25) is 5.82 Å². The number of aromatic nitrogens is 2. The van der Waals surface area contributed by atoms with Crippen molar-refractivity contribution < 1.29 is 23.2 Å². The lowest BCUT2D eigenvalue weighted by Crippen LogP contribution is -2.46. The lowest BCUT2D eigenvalue weighted by molar-refractivity contribution is 0.136. The molecule has 0 saturated carbocycles. The maximum Gasteiger partial charge on any atom is 0.322 e. The summed E-state index contributed by atoms with van der Waals surface area (Å²) < 4.78 is 30.3. The molecule has 9 heteroatoms. The molecular formula is C26H29FN4O4. The Morgan fingerprint density at radius 2 is 1.94 bits per heavy atom. The monoisotopic (exact) mass is 480 g/mol. The van der Waals surface area contributed by atoms with Crippen molar-refractivity contribution in [2.75, 3.05) is 26.9 Å². The molecular weight excluding hydrogens is 451 g/mol. The van der Waals surface area contributed by atoms with Crippen LogP contribution in [0.25, 0.3) is 17.0 Å². The summed E-state index contributed by atoms with van der Waals surface area (Å²) in [7, 11) is 1.41. The Balaban J connectivity index is 1.73. The van der Waals surface area contributed by atoms with Gasteiger partial charge in [0, 0.05) is 31.0 Å². The molecule has 2 heterocycles. The maximum atomic E-state index is 14.3. The predicted octanol–water partition coefficient (Wildman–Crippen LogP) is 5.12. The minimum atomic E-state index is -0.519. The van der Waals surface area contributed by atoms with Crippen LogP contribution < -0.4 is 10.1 Å². The molecule has 0 radical (unpaired) electrons. The quantitative estimate of drug-likeness (QED) is 0.428. The predicted molar refractivity (Wildman–Crippen MR) is 129 cm³/mol. The second kappa shape index (κ2) is 10.7. The molecule has 0 bridgehead atoms. The minimum absolute atomic E-state index is 0.133. The van der Waals surface area contributed by atoms with E-state index in [-0.39, 0.29) is 23.5 Å². The molecule has 35 heavy (non-hydrogen) atoms. The van der Waals surface area contributed by atoms with Crippen molar-refractivity contribution in [2.24, 2.45) is 0 Å². The first kappa shape index (κ1) is 24.4. The van der Waals surface area contributed by atoms with Gasteiger partial charge in [-0.2, -0.15) is 4.98 Å². The van der Waals surface area contributed by atoms with E-state index in [2.05, 4.69) is 15.5 Å². The van der Waals surface area contributed by atoms with Crippen molar-refractivity contribution in [3.05, 3.63) is 71.0 Å². The van der Waals surface area contributed by atoms with Crippen molar-refractivity contribution in [1.29, 1.82) is 0 Å². The summed E-state index contributed by atoms with van der Waals surface area (Å²) >= 11 is 0. The van der Waals surface area contributed by atoms with Crippen LogP contribution in [0.1, 0.15) is 43.3 Å². The lowest BCUT2D eigenvalue weighted by atomic mass is 9.94. The fourth-order valence-electron chi connectivity index (χ4n) is 4.06. The standard InChI is InChI=1S/C26H29FN4O4/c1-5-34-14-6-13-31-17(3)22(23(28-26(31)32)18-9-7-16(2)8-10-18)25-29-24(30-35-25)19-11-12-21(33-4)20(27)15-19/h7-12,15,23H,5-6,13-14H2,1-4H3,(H,28,32). The van der Waals surface area contributed by atoms with E-state index in [0.717, 1.165) is 11.1 Å². The number of benzene rings is 2. The van der Waals surface area contributed by atoms with Gasteiger partial charge in [-0.1, -0.05) is 35.0 Å². The molecule has 0 fully saturated rings. The van der Waals surface area contributed by atoms with Crippen LogP contribution in [0, 0.1) is 12.7 Å². The van der Waals surface area contributed by atoms with E-state index in [9.17, 15) is 9.18 Å². The van der Waals surface area contributed by atoms with Crippen LogP contribution in [-0.2, 0) is 4.74 Å². The van der Waals surface area contributed by atoms with Crippen molar-refractivity contribution in [1.82, 2.24) is 20.4 Å². The third kappa shape index (κ3) is 5.19. The smallest absolute Gasteiger partial charge is 0.322 e. The fourth-order valence-corrected chi connectivity index (χ4v) is 4.06. The molecule has 1 aliphatic rings. The molecule has 1 unspecified atom stereocenters. The third-order valence-electron chi connectivity index (χ3n) is 5.95. The molecule has 184 valence electrons. The van der Waals surface area contributed by atoms with Crippen LogP contribution in [0.2, 0.25) is 0 Å². The second-order valence-corrected chi connectivity index (χ2v) is 8.27. The van der Waals surface area contributed by atoms with Crippen molar-refractivity contribution in [3.63, 3.8) is 0 Å². The van der Waals surface area contributed by atoms with E-state index in [1.54, 1.807) is 11.0 Å². The summed E-state index contributed by atoms with van der Waals surface area (Å²) in [5, 5.41) is 7.17. The average molecular weight is 481 g/mol. The number of ether oxygens (including phenoxy) is 2. The maximum absolute atomic E-state index is 14.3. The Bertz CT molecular complexity index is 1220. The molecule has 0 saturated heterocycles. The molecule has 1 atom stereocenters. The number of amides is 2. The number of nitrogens with one attached hydrogen (secondary N) is 1. The Morgan fingerprint density at radius 1 is 1.17 bits per heavy atom. The molecule has 3 aromatic rings. The van der Waals surface area contributed by atoms with E-state index >= 15 is 0 Å². The van der Waals surface area contributed by atoms with E-state index in [4.69, 9.17) is 14.0 Å². The Hall–Kier alpha value is -3.72. The van der Waals surface area contributed by atoms with Gasteiger partial charge in [-0.15, -0.1) is 0 Å². The molecule has 1 aliphatic heterocycles. The summed E-state index contributed by atoms with van der Waals surface area (Å²) in [5.41, 5.74) is 3.86. The fraction of sp³-hybridized carbons (Fsp3) is 0.346. The van der Waals surface area contributed by atoms with Crippen LogP contribution in [-0.4, -0.2) is 47.9 Å². The number of rotatable bonds is 9. The molecule has 2 amide bonds. The lowest BCUT2D eigenvalue weighted by Gasteiger charge is -2.35. The highest BCUT2D eigenvalue weighted by Crippen LogP contribution is 2.37. The van der Waals surface area contributed by atoms with Crippen LogP contribution in [0.3, 0.4) is 0 Å². The number of allylic oxidation sites excluding steroid dienone is 1. The van der Waals surface area contributed by atoms with Gasteiger partial charge in [0.15, 0.2) is 11.6 Å². The van der Waals surface area contributed by atoms with Gasteiger partial charge in [-0.25, -0.2) is 9.18 Å². The summed E-state index contributed by atoms with van der Waals surface area (Å²) in [6.07, 6.45) is 0.682. The van der Waals surface area contributed by atoms with Gasteiger partial charge in [0.05, 0.1) is 18.7 Å². The van der Waals surface area contributed by atoms with Gasteiger partial charge in [0.1, 0.15) is 0 Å². The summed E-state index contributed by atoms with van der Waals surface area (Å²) in [6.45, 7) is 7.46. The summed E-state index contributed by atoms with van der Waals surface area (Å²) in [4.78, 5) is 19.3. The molecule has 0 spiro atoms. The zero-order chi connectivity index (χ0) is 24.9. The topological polar surface area (TPSA) is 89.7 Å². The molecule has 8 nitrogen and oxygen atoms in total. The summed E-state index contributed by atoms with van der Waals surface area (Å²) in [6, 6.07) is 11.7. The molecule has 4 rings (SSSR count). The van der Waals surface area contributed by atoms with E-state index in [0.29, 0.717) is 43.0 Å². The number of hydrogen-bond acceptors (Lipinski definition) is 6. The highest BCUT2D eigenvalue weighted by Gasteiger charge is 2.35. The van der Waals surface area contributed by atoms with E-state index < -0.39 is 11.9 Å². The number of halogens is 1. The number of methoxy groups -OCH3 is 1. The zero-order valence-corrected chi connectivity index (χ0v) is 20.3. The van der Waals surface area contributed by atoms with Gasteiger partial charge < -0.3 is 19.3 Å². The van der Waals surface area contributed by atoms with Gasteiger partial charge in [-0.05, 0) is 51.0 Å². The first-order valence-corrected chi connectivity index (χ1v) is 11.5. The Labute approximate surface area is 203 Å². The number of hydrogen-bond donors (Lipinski definition) is 1. The molecule has 0 aliphatic carbocycles. The average Bonchev–Trinajstić information content (AvgIpc) is 3.33. The van der Waals surface area contributed by atoms with Gasteiger partial charge in [-0.3, -0.25) is 4.90 Å². The van der Waals surface area contributed by atoms with Crippen LogP contribution in [0.5, 0.6) is 5.75 Å². The highest BCUT2D eigenvalue weighted by molar-refractivity contribution is 5.86. The first-order chi connectivity index (χ1) is 16.9. The number of carbonyl (C=O) groups is 1. The molecule has 1 aromatic heterocycles. The van der Waals surface area contributed by atoms with E-state index in [1.807, 2.05) is 45.0 Å². The second-order valence-electron chi connectivity index (χ2n) is 8.27. The third-order valence-corrected chi connectivity index (χ3v) is 5.95. The number of carbonyl (C=O) groups excluding carboxylic acids is 1. The number of urea groups is 1. The number of aryl methyl sites for hydroxylation is 1. The van der Waals surface area contributed by atoms with Crippen molar-refractivity contribution >= 4 is 11.6 Å². The van der Waals surface area contributed by atoms with Crippen molar-refractivity contribution in [2.45, 2.75) is 33.2 Å². The Kier molecular flexibility index (Phi) is 7.45. The summed E-state index contributed by atoms with van der Waals surface area (Å²) in [5.74, 6) is 0.112. The van der Waals surface area contributed by atoms with Crippen LogP contribution in [0.15, 0.2) is 52.7 Å². The largest absolute Gasteiger partial charge is 0.494 e. The zero-order valence-electron chi connectivity index (χ0n) is 20.3. The van der Waals surface area contributed by atoms with Crippen LogP contribution >= 0.6 is 0 Å². The Morgan fingerprint density at radius 3 is 2.63 bits per heavy atom. The highest BCUT2D eigenvalue weighted by atomic mass is 19.1. The SMILES string of the molecule is CCOCCCN1C(=O)NC(c2ccc(C)cc2)C(c2nc(-c3ccc(OC)c(F)c3)no2)=C1C. The molecule has 1 N–H and O–H groups in total. The number of nitrogens with zero attached hydrogens (tertiary/aromatic N) is 3. The van der Waals surface area contributed by atoms with Crippen molar-refractivity contribution in [3.8, 4) is 17.1 Å². The minimum Gasteiger partial charge on any atom is -0.494 e. The van der Waals surface area contributed by atoms with E-state index in [1.165, 1.54) is 19.2 Å². The molecule has 2 aromatic carbocycles. The van der Waals surface area contributed by atoms with Gasteiger partial charge in [0.25, 0.3) is 5.89 Å².